The van der Waals surface area contributed by atoms with Gasteiger partial charge in [-0.2, -0.15) is 0 Å². The van der Waals surface area contributed by atoms with E-state index in [4.69, 9.17) is 16.0 Å². The van der Waals surface area contributed by atoms with Crippen molar-refractivity contribution in [3.63, 3.8) is 0 Å². The zero-order valence-corrected chi connectivity index (χ0v) is 20.2. The molecule has 3 aromatic rings. The van der Waals surface area contributed by atoms with Crippen LogP contribution in [0.25, 0.3) is 11.0 Å². The molecule has 2 aromatic carbocycles. The normalized spacial score (nSPS) is 15.7. The van der Waals surface area contributed by atoms with Gasteiger partial charge in [-0.15, -0.1) is 0 Å². The number of halogens is 1. The van der Waals surface area contributed by atoms with Gasteiger partial charge in [0.2, 0.25) is 0 Å². The maximum atomic E-state index is 13.0. The van der Waals surface area contributed by atoms with E-state index >= 15 is 0 Å². The van der Waals surface area contributed by atoms with Crippen LogP contribution < -0.4 is 10.7 Å². The number of benzene rings is 2. The van der Waals surface area contributed by atoms with E-state index in [1.165, 1.54) is 23.6 Å². The predicted octanol–water partition coefficient (Wildman–Crippen LogP) is 5.84. The van der Waals surface area contributed by atoms with E-state index in [9.17, 15) is 9.59 Å². The fraction of sp³-hybridized carbons (Fsp3) is 0.407. The van der Waals surface area contributed by atoms with Crippen LogP contribution in [0.5, 0.6) is 0 Å². The molecule has 1 N–H and O–H groups in total. The standard InChI is InChI=1S/C27H31ClN2O3/c1-17(2)19-7-9-20(10-8-19)23(30-11-5-4-6-12-30)16-29-27(32)26-15-24(31)21-14-22(28)18(3)13-25(21)33-26/h7-10,13-15,17,23H,4-6,11-12,16H2,1-3H3,(H,29,32). The van der Waals surface area contributed by atoms with Gasteiger partial charge in [0.15, 0.2) is 11.2 Å². The Morgan fingerprint density at radius 3 is 2.39 bits per heavy atom. The van der Waals surface area contributed by atoms with Crippen molar-refractivity contribution < 1.29 is 9.21 Å². The van der Waals surface area contributed by atoms with E-state index in [-0.39, 0.29) is 23.1 Å². The minimum absolute atomic E-state index is 0.0155. The summed E-state index contributed by atoms with van der Waals surface area (Å²) in [6, 6.07) is 13.3. The molecule has 0 bridgehead atoms. The molecule has 1 aromatic heterocycles. The van der Waals surface area contributed by atoms with Crippen molar-refractivity contribution in [3.8, 4) is 0 Å². The summed E-state index contributed by atoms with van der Waals surface area (Å²) < 4.78 is 5.78. The van der Waals surface area contributed by atoms with Crippen molar-refractivity contribution in [1.29, 1.82) is 0 Å². The monoisotopic (exact) mass is 466 g/mol. The Hall–Kier alpha value is -2.63. The lowest BCUT2D eigenvalue weighted by Gasteiger charge is -2.35. The fourth-order valence-corrected chi connectivity index (χ4v) is 4.62. The third-order valence-corrected chi connectivity index (χ3v) is 6.91. The summed E-state index contributed by atoms with van der Waals surface area (Å²) in [5.74, 6) is 0.102. The van der Waals surface area contributed by atoms with Gasteiger partial charge in [0.1, 0.15) is 5.58 Å². The maximum absolute atomic E-state index is 13.0. The van der Waals surface area contributed by atoms with Gasteiger partial charge < -0.3 is 9.73 Å². The lowest BCUT2D eigenvalue weighted by atomic mass is 9.97. The van der Waals surface area contributed by atoms with Crippen LogP contribution in [0.2, 0.25) is 5.02 Å². The van der Waals surface area contributed by atoms with Crippen LogP contribution in [0.4, 0.5) is 0 Å². The van der Waals surface area contributed by atoms with E-state index in [0.717, 1.165) is 31.5 Å². The fourth-order valence-electron chi connectivity index (χ4n) is 4.46. The minimum atomic E-state index is -0.387. The second-order valence-electron chi connectivity index (χ2n) is 9.22. The van der Waals surface area contributed by atoms with Crippen molar-refractivity contribution in [2.75, 3.05) is 19.6 Å². The van der Waals surface area contributed by atoms with E-state index in [1.807, 2.05) is 6.92 Å². The SMILES string of the molecule is Cc1cc2oc(C(=O)NCC(c3ccc(C(C)C)cc3)N3CCCCC3)cc(=O)c2cc1Cl. The van der Waals surface area contributed by atoms with Crippen LogP contribution in [0.1, 0.15) is 72.3 Å². The summed E-state index contributed by atoms with van der Waals surface area (Å²) in [5.41, 5.74) is 3.37. The first-order valence-electron chi connectivity index (χ1n) is 11.7. The molecule has 2 heterocycles. The highest BCUT2D eigenvalue weighted by Crippen LogP contribution is 2.26. The smallest absolute Gasteiger partial charge is 0.287 e. The van der Waals surface area contributed by atoms with Crippen LogP contribution >= 0.6 is 11.6 Å². The van der Waals surface area contributed by atoms with Crippen LogP contribution in [-0.2, 0) is 0 Å². The van der Waals surface area contributed by atoms with Crippen molar-refractivity contribution >= 4 is 28.5 Å². The predicted molar refractivity (Wildman–Crippen MR) is 133 cm³/mol. The molecule has 5 nitrogen and oxygen atoms in total. The van der Waals surface area contributed by atoms with Gasteiger partial charge in [0.05, 0.1) is 11.4 Å². The molecule has 1 saturated heterocycles. The Bertz CT molecular complexity index is 1190. The number of rotatable bonds is 6. The van der Waals surface area contributed by atoms with Crippen LogP contribution in [0.3, 0.4) is 0 Å². The number of amides is 1. The number of carbonyl (C=O) groups is 1. The minimum Gasteiger partial charge on any atom is -0.451 e. The lowest BCUT2D eigenvalue weighted by molar-refractivity contribution is 0.0897. The summed E-state index contributed by atoms with van der Waals surface area (Å²) in [7, 11) is 0. The molecule has 0 aliphatic carbocycles. The molecule has 0 saturated carbocycles. The second-order valence-corrected chi connectivity index (χ2v) is 9.62. The molecule has 1 atom stereocenters. The molecule has 1 fully saturated rings. The number of likely N-dealkylation sites (tertiary alicyclic amines) is 1. The molecule has 1 aliphatic rings. The summed E-state index contributed by atoms with van der Waals surface area (Å²) in [6.45, 7) is 8.67. The van der Waals surface area contributed by atoms with Crippen LogP contribution in [0, 0.1) is 6.92 Å². The molecule has 33 heavy (non-hydrogen) atoms. The highest BCUT2D eigenvalue weighted by atomic mass is 35.5. The summed E-state index contributed by atoms with van der Waals surface area (Å²) in [6.07, 6.45) is 3.57. The van der Waals surface area contributed by atoms with E-state index < -0.39 is 0 Å². The number of hydrogen-bond donors (Lipinski definition) is 1. The highest BCUT2D eigenvalue weighted by Gasteiger charge is 2.24. The van der Waals surface area contributed by atoms with Gasteiger partial charge in [0.25, 0.3) is 5.91 Å². The highest BCUT2D eigenvalue weighted by molar-refractivity contribution is 6.32. The first-order chi connectivity index (χ1) is 15.8. The zero-order chi connectivity index (χ0) is 23.5. The summed E-state index contributed by atoms with van der Waals surface area (Å²) in [4.78, 5) is 28.0. The molecular weight excluding hydrogens is 436 g/mol. The largest absolute Gasteiger partial charge is 0.451 e. The van der Waals surface area contributed by atoms with Crippen molar-refractivity contribution in [2.45, 2.75) is 52.0 Å². The molecule has 1 amide bonds. The topological polar surface area (TPSA) is 62.6 Å². The van der Waals surface area contributed by atoms with E-state index in [1.54, 1.807) is 12.1 Å². The molecule has 174 valence electrons. The molecule has 4 rings (SSSR count). The number of aryl methyl sites for hydroxylation is 1. The average Bonchev–Trinajstić information content (AvgIpc) is 2.81. The number of nitrogens with one attached hydrogen (secondary N) is 1. The Kier molecular flexibility index (Phi) is 7.20. The summed E-state index contributed by atoms with van der Waals surface area (Å²) in [5, 5.41) is 3.88. The Morgan fingerprint density at radius 2 is 1.73 bits per heavy atom. The first-order valence-corrected chi connectivity index (χ1v) is 12.1. The Morgan fingerprint density at radius 1 is 1.06 bits per heavy atom. The van der Waals surface area contributed by atoms with Crippen molar-refractivity contribution in [3.05, 3.63) is 80.2 Å². The molecule has 0 radical (unpaired) electrons. The van der Waals surface area contributed by atoms with Gasteiger partial charge in [0, 0.05) is 17.6 Å². The summed E-state index contributed by atoms with van der Waals surface area (Å²) >= 11 is 6.14. The lowest BCUT2D eigenvalue weighted by Crippen LogP contribution is -2.40. The van der Waals surface area contributed by atoms with Crippen molar-refractivity contribution in [1.82, 2.24) is 10.2 Å². The quantitative estimate of drug-likeness (QED) is 0.496. The Balaban J connectivity index is 1.56. The van der Waals surface area contributed by atoms with E-state index in [2.05, 4.69) is 48.3 Å². The van der Waals surface area contributed by atoms with Crippen LogP contribution in [-0.4, -0.2) is 30.4 Å². The zero-order valence-electron chi connectivity index (χ0n) is 19.5. The number of fused-ring (bicyclic) bond motifs is 1. The molecular formula is C27H31ClN2O3. The molecule has 0 spiro atoms. The number of piperidine rings is 1. The maximum Gasteiger partial charge on any atom is 0.287 e. The molecule has 1 aliphatic heterocycles. The van der Waals surface area contributed by atoms with Gasteiger partial charge in [-0.25, -0.2) is 0 Å². The second kappa shape index (κ2) is 10.1. The third kappa shape index (κ3) is 5.31. The van der Waals surface area contributed by atoms with Crippen molar-refractivity contribution in [2.24, 2.45) is 0 Å². The van der Waals surface area contributed by atoms with Gasteiger partial charge in [-0.05, 0) is 67.6 Å². The number of nitrogens with zero attached hydrogens (tertiary/aromatic N) is 1. The average molecular weight is 467 g/mol. The van der Waals surface area contributed by atoms with Gasteiger partial charge >= 0.3 is 0 Å². The first kappa shape index (κ1) is 23.5. The number of hydrogen-bond acceptors (Lipinski definition) is 4. The number of carbonyl (C=O) groups excluding carboxylic acids is 1. The van der Waals surface area contributed by atoms with Gasteiger partial charge in [-0.3, -0.25) is 14.5 Å². The van der Waals surface area contributed by atoms with Crippen LogP contribution in [0.15, 0.2) is 51.7 Å². The molecule has 1 unspecified atom stereocenters. The van der Waals surface area contributed by atoms with E-state index in [0.29, 0.717) is 28.5 Å². The van der Waals surface area contributed by atoms with Gasteiger partial charge in [-0.1, -0.05) is 56.1 Å². The Labute approximate surface area is 199 Å². The molecule has 6 heteroatoms. The third-order valence-electron chi connectivity index (χ3n) is 6.51.